The Balaban J connectivity index is 2.26. The Morgan fingerprint density at radius 2 is 2.00 bits per heavy atom. The summed E-state index contributed by atoms with van der Waals surface area (Å²) in [6.07, 6.45) is 3.79. The van der Waals surface area contributed by atoms with E-state index in [0.717, 1.165) is 21.7 Å². The Hall–Kier alpha value is -1.80. The summed E-state index contributed by atoms with van der Waals surface area (Å²) < 4.78 is 2.05. The molecule has 0 unspecified atom stereocenters. The first-order valence-electron chi connectivity index (χ1n) is 5.02. The monoisotopic (exact) mass is 228 g/mol. The number of rotatable bonds is 1. The van der Waals surface area contributed by atoms with Crippen LogP contribution >= 0.6 is 11.6 Å². The van der Waals surface area contributed by atoms with Crippen molar-refractivity contribution in [2.75, 3.05) is 0 Å². The van der Waals surface area contributed by atoms with Gasteiger partial charge in [0.15, 0.2) is 0 Å². The molecule has 0 radical (unpaired) electrons. The third-order valence-corrected chi connectivity index (χ3v) is 2.78. The highest BCUT2D eigenvalue weighted by Gasteiger charge is 2.03. The number of pyridine rings is 1. The number of halogens is 1. The quantitative estimate of drug-likeness (QED) is 0.621. The van der Waals surface area contributed by atoms with E-state index in [1.54, 1.807) is 6.20 Å². The zero-order valence-corrected chi connectivity index (χ0v) is 9.22. The number of nitrogens with zero attached hydrogens (tertiary/aromatic N) is 2. The fourth-order valence-electron chi connectivity index (χ4n) is 1.81. The average Bonchev–Trinajstić information content (AvgIpc) is 2.73. The maximum absolute atomic E-state index is 5.95. The van der Waals surface area contributed by atoms with Gasteiger partial charge in [-0.25, -0.2) is 4.98 Å². The number of benzene rings is 1. The lowest BCUT2D eigenvalue weighted by Crippen LogP contribution is -1.93. The first-order chi connectivity index (χ1) is 7.84. The lowest BCUT2D eigenvalue weighted by molar-refractivity contribution is 1.04. The van der Waals surface area contributed by atoms with Crippen molar-refractivity contribution in [1.29, 1.82) is 0 Å². The molecule has 3 rings (SSSR count). The summed E-state index contributed by atoms with van der Waals surface area (Å²) in [5.41, 5.74) is 1.11. The Morgan fingerprint density at radius 1 is 1.06 bits per heavy atom. The Labute approximate surface area is 98.1 Å². The molecule has 3 heteroatoms. The molecule has 0 aliphatic rings. The molecule has 1 aromatic carbocycles. The molecule has 0 bridgehead atoms. The van der Waals surface area contributed by atoms with Crippen molar-refractivity contribution >= 4 is 22.5 Å². The molecule has 2 heterocycles. The highest BCUT2D eigenvalue weighted by atomic mass is 35.5. The van der Waals surface area contributed by atoms with Crippen LogP contribution in [0.3, 0.4) is 0 Å². The molecule has 2 nitrogen and oxygen atoms in total. The van der Waals surface area contributed by atoms with E-state index in [1.165, 1.54) is 0 Å². The van der Waals surface area contributed by atoms with Gasteiger partial charge >= 0.3 is 0 Å². The molecule has 16 heavy (non-hydrogen) atoms. The molecule has 2 aromatic heterocycles. The molecule has 3 aromatic rings. The van der Waals surface area contributed by atoms with E-state index in [4.69, 9.17) is 11.6 Å². The number of hydrogen-bond donors (Lipinski definition) is 0. The van der Waals surface area contributed by atoms with E-state index in [-0.39, 0.29) is 0 Å². The summed E-state index contributed by atoms with van der Waals surface area (Å²) in [7, 11) is 0. The van der Waals surface area contributed by atoms with Crippen LogP contribution in [0.5, 0.6) is 0 Å². The van der Waals surface area contributed by atoms with E-state index >= 15 is 0 Å². The standard InChI is InChI=1S/C13H9ClN2/c14-11-4-5-12-10(9-11)6-8-16(12)13-3-1-2-7-15-13/h1-9H. The van der Waals surface area contributed by atoms with Crippen molar-refractivity contribution in [3.05, 3.63) is 59.9 Å². The van der Waals surface area contributed by atoms with Crippen LogP contribution in [0, 0.1) is 0 Å². The van der Waals surface area contributed by atoms with Crippen molar-refractivity contribution in [2.45, 2.75) is 0 Å². The lowest BCUT2D eigenvalue weighted by Gasteiger charge is -2.03. The van der Waals surface area contributed by atoms with Gasteiger partial charge in [-0.05, 0) is 36.4 Å². The van der Waals surface area contributed by atoms with Gasteiger partial charge in [0.2, 0.25) is 0 Å². The maximum Gasteiger partial charge on any atom is 0.137 e. The van der Waals surface area contributed by atoms with E-state index in [9.17, 15) is 0 Å². The minimum absolute atomic E-state index is 0.756. The fourth-order valence-corrected chi connectivity index (χ4v) is 1.99. The van der Waals surface area contributed by atoms with Gasteiger partial charge in [0.25, 0.3) is 0 Å². The van der Waals surface area contributed by atoms with Gasteiger partial charge in [0, 0.05) is 22.8 Å². The van der Waals surface area contributed by atoms with E-state index in [1.807, 2.05) is 53.2 Å². The summed E-state index contributed by atoms with van der Waals surface area (Å²) in [6.45, 7) is 0. The Bertz CT molecular complexity index is 629. The minimum atomic E-state index is 0.756. The summed E-state index contributed by atoms with van der Waals surface area (Å²) in [5.74, 6) is 0.917. The molecular weight excluding hydrogens is 220 g/mol. The van der Waals surface area contributed by atoms with E-state index in [2.05, 4.69) is 4.98 Å². The molecule has 0 N–H and O–H groups in total. The van der Waals surface area contributed by atoms with Gasteiger partial charge in [0.05, 0.1) is 5.52 Å². The second-order valence-electron chi connectivity index (χ2n) is 3.58. The largest absolute Gasteiger partial charge is 0.301 e. The smallest absolute Gasteiger partial charge is 0.137 e. The summed E-state index contributed by atoms with van der Waals surface area (Å²) >= 11 is 5.95. The summed E-state index contributed by atoms with van der Waals surface area (Å²) in [5, 5.41) is 1.88. The number of fused-ring (bicyclic) bond motifs is 1. The molecule has 0 atom stereocenters. The Morgan fingerprint density at radius 3 is 2.81 bits per heavy atom. The van der Waals surface area contributed by atoms with Crippen molar-refractivity contribution < 1.29 is 0 Å². The first kappa shape index (κ1) is 9.43. The molecule has 0 saturated heterocycles. The lowest BCUT2D eigenvalue weighted by atomic mass is 10.2. The van der Waals surface area contributed by atoms with Crippen LogP contribution in [0.15, 0.2) is 54.9 Å². The maximum atomic E-state index is 5.95. The van der Waals surface area contributed by atoms with Gasteiger partial charge in [-0.1, -0.05) is 17.7 Å². The minimum Gasteiger partial charge on any atom is -0.301 e. The molecule has 0 spiro atoms. The van der Waals surface area contributed by atoms with Gasteiger partial charge in [-0.2, -0.15) is 0 Å². The van der Waals surface area contributed by atoms with Gasteiger partial charge in [0.1, 0.15) is 5.82 Å². The fraction of sp³-hybridized carbons (Fsp3) is 0. The second-order valence-corrected chi connectivity index (χ2v) is 4.01. The zero-order valence-electron chi connectivity index (χ0n) is 8.47. The predicted molar refractivity (Wildman–Crippen MR) is 66.1 cm³/mol. The second kappa shape index (κ2) is 3.65. The van der Waals surface area contributed by atoms with Gasteiger partial charge in [-0.15, -0.1) is 0 Å². The average molecular weight is 229 g/mol. The summed E-state index contributed by atoms with van der Waals surface area (Å²) in [6, 6.07) is 13.8. The summed E-state index contributed by atoms with van der Waals surface area (Å²) in [4.78, 5) is 4.32. The number of hydrogen-bond acceptors (Lipinski definition) is 1. The van der Waals surface area contributed by atoms with Crippen molar-refractivity contribution in [3.8, 4) is 5.82 Å². The molecule has 0 fully saturated rings. The highest BCUT2D eigenvalue weighted by molar-refractivity contribution is 6.31. The van der Waals surface area contributed by atoms with Crippen LogP contribution in [-0.4, -0.2) is 9.55 Å². The first-order valence-corrected chi connectivity index (χ1v) is 5.40. The molecule has 0 amide bonds. The van der Waals surface area contributed by atoms with Gasteiger partial charge < -0.3 is 4.57 Å². The third kappa shape index (κ3) is 1.48. The zero-order chi connectivity index (χ0) is 11.0. The highest BCUT2D eigenvalue weighted by Crippen LogP contribution is 2.22. The van der Waals surface area contributed by atoms with Crippen LogP contribution < -0.4 is 0 Å². The third-order valence-electron chi connectivity index (χ3n) is 2.55. The SMILES string of the molecule is Clc1ccc2c(ccn2-c2ccccn2)c1. The van der Waals surface area contributed by atoms with Gasteiger partial charge in [-0.3, -0.25) is 0 Å². The van der Waals surface area contributed by atoms with Crippen LogP contribution in [0.4, 0.5) is 0 Å². The van der Waals surface area contributed by atoms with Crippen LogP contribution in [0.1, 0.15) is 0 Å². The van der Waals surface area contributed by atoms with Crippen molar-refractivity contribution in [1.82, 2.24) is 9.55 Å². The number of aromatic nitrogens is 2. The topological polar surface area (TPSA) is 17.8 Å². The van der Waals surface area contributed by atoms with E-state index < -0.39 is 0 Å². The van der Waals surface area contributed by atoms with E-state index in [0.29, 0.717) is 0 Å². The van der Waals surface area contributed by atoms with Crippen molar-refractivity contribution in [3.63, 3.8) is 0 Å². The normalized spacial score (nSPS) is 10.8. The molecule has 0 aliphatic carbocycles. The van der Waals surface area contributed by atoms with Crippen molar-refractivity contribution in [2.24, 2.45) is 0 Å². The van der Waals surface area contributed by atoms with Crippen LogP contribution in [0.2, 0.25) is 5.02 Å². The molecular formula is C13H9ClN2. The van der Waals surface area contributed by atoms with Crippen LogP contribution in [0.25, 0.3) is 16.7 Å². The Kier molecular flexibility index (Phi) is 2.15. The molecule has 0 saturated carbocycles. The molecule has 78 valence electrons. The van der Waals surface area contributed by atoms with Crippen LogP contribution in [-0.2, 0) is 0 Å². The predicted octanol–water partition coefficient (Wildman–Crippen LogP) is 3.68. The molecule has 0 aliphatic heterocycles.